The van der Waals surface area contributed by atoms with Crippen LogP contribution < -0.4 is 4.74 Å². The van der Waals surface area contributed by atoms with E-state index in [1.54, 1.807) is 0 Å². The summed E-state index contributed by atoms with van der Waals surface area (Å²) < 4.78 is 6.77. The second-order valence-electron chi connectivity index (χ2n) is 11.9. The van der Waals surface area contributed by atoms with Crippen molar-refractivity contribution in [1.82, 2.24) is 0 Å². The van der Waals surface area contributed by atoms with E-state index in [0.29, 0.717) is 0 Å². The van der Waals surface area contributed by atoms with E-state index < -0.39 is 0 Å². The summed E-state index contributed by atoms with van der Waals surface area (Å²) in [4.78, 5) is 0. The standard InChI is InChI=1S/C39H30O/c1-38(2)34-24-27(20-21-30(34)31-22-25-12-7-8-13-26(25)23-35(31)38)29-16-11-18-33-37(29)40-36-19-10-9-17-32(36)39(33,3)28-14-5-4-6-15-28/h4-24H,1-3H3. The van der Waals surface area contributed by atoms with Crippen molar-refractivity contribution >= 4 is 10.8 Å². The van der Waals surface area contributed by atoms with Crippen LogP contribution in [0.2, 0.25) is 0 Å². The van der Waals surface area contributed by atoms with Crippen molar-refractivity contribution in [3.8, 4) is 33.8 Å². The Morgan fingerprint density at radius 2 is 1.15 bits per heavy atom. The van der Waals surface area contributed by atoms with E-state index in [1.807, 2.05) is 0 Å². The first-order chi connectivity index (χ1) is 19.5. The minimum Gasteiger partial charge on any atom is -0.456 e. The first-order valence-corrected chi connectivity index (χ1v) is 14.1. The van der Waals surface area contributed by atoms with E-state index in [4.69, 9.17) is 4.74 Å². The number of fused-ring (bicyclic) bond motifs is 6. The molecule has 0 fully saturated rings. The number of ether oxygens (including phenoxy) is 1. The molecule has 0 N–H and O–H groups in total. The molecule has 1 unspecified atom stereocenters. The number of para-hydroxylation sites is 2. The van der Waals surface area contributed by atoms with E-state index in [9.17, 15) is 0 Å². The lowest BCUT2D eigenvalue weighted by molar-refractivity contribution is 0.429. The fourth-order valence-corrected chi connectivity index (χ4v) is 7.16. The molecular formula is C39H30O. The Hall–Kier alpha value is -4.62. The monoisotopic (exact) mass is 514 g/mol. The third-order valence-corrected chi connectivity index (χ3v) is 9.40. The number of rotatable bonds is 2. The third-order valence-electron chi connectivity index (χ3n) is 9.40. The van der Waals surface area contributed by atoms with Crippen molar-refractivity contribution in [3.05, 3.63) is 155 Å². The van der Waals surface area contributed by atoms with Crippen molar-refractivity contribution in [1.29, 1.82) is 0 Å². The molecule has 0 bridgehead atoms. The Bertz CT molecular complexity index is 1960. The molecule has 0 saturated heterocycles. The summed E-state index contributed by atoms with van der Waals surface area (Å²) in [7, 11) is 0. The van der Waals surface area contributed by atoms with Crippen LogP contribution in [0.25, 0.3) is 33.0 Å². The van der Waals surface area contributed by atoms with Gasteiger partial charge in [-0.25, -0.2) is 0 Å². The van der Waals surface area contributed by atoms with Gasteiger partial charge in [0, 0.05) is 27.5 Å². The van der Waals surface area contributed by atoms with Gasteiger partial charge in [-0.1, -0.05) is 117 Å². The molecule has 6 aromatic rings. The number of benzene rings is 6. The van der Waals surface area contributed by atoms with Gasteiger partial charge in [0.1, 0.15) is 11.5 Å². The molecule has 1 heterocycles. The lowest BCUT2D eigenvalue weighted by Gasteiger charge is -2.39. The van der Waals surface area contributed by atoms with Crippen molar-refractivity contribution in [2.45, 2.75) is 31.6 Å². The number of hydrogen-bond donors (Lipinski definition) is 0. The van der Waals surface area contributed by atoms with E-state index in [2.05, 4.69) is 148 Å². The van der Waals surface area contributed by atoms with Gasteiger partial charge < -0.3 is 4.74 Å². The Labute approximate surface area is 235 Å². The second kappa shape index (κ2) is 8.19. The summed E-state index contributed by atoms with van der Waals surface area (Å²) in [5.74, 6) is 1.88. The van der Waals surface area contributed by atoms with Crippen LogP contribution in [0.5, 0.6) is 11.5 Å². The van der Waals surface area contributed by atoms with Crippen LogP contribution in [0.1, 0.15) is 48.6 Å². The summed E-state index contributed by atoms with van der Waals surface area (Å²) in [6.07, 6.45) is 0. The van der Waals surface area contributed by atoms with Crippen molar-refractivity contribution in [2.24, 2.45) is 0 Å². The molecule has 0 amide bonds. The average molecular weight is 515 g/mol. The molecule has 1 heteroatoms. The van der Waals surface area contributed by atoms with Crippen LogP contribution in [0.3, 0.4) is 0 Å². The minimum absolute atomic E-state index is 0.0917. The lowest BCUT2D eigenvalue weighted by atomic mass is 9.68. The first-order valence-electron chi connectivity index (χ1n) is 14.1. The number of hydrogen-bond acceptors (Lipinski definition) is 1. The molecule has 0 saturated carbocycles. The highest BCUT2D eigenvalue weighted by molar-refractivity contribution is 5.94. The fraction of sp³-hybridized carbons (Fsp3) is 0.128. The predicted octanol–water partition coefficient (Wildman–Crippen LogP) is 10.3. The Balaban J connectivity index is 1.33. The van der Waals surface area contributed by atoms with Crippen LogP contribution in [-0.2, 0) is 10.8 Å². The molecule has 192 valence electrons. The highest BCUT2D eigenvalue weighted by Crippen LogP contribution is 2.55. The van der Waals surface area contributed by atoms with Gasteiger partial charge in [-0.2, -0.15) is 0 Å². The smallest absolute Gasteiger partial charge is 0.139 e. The van der Waals surface area contributed by atoms with E-state index in [0.717, 1.165) is 17.1 Å². The van der Waals surface area contributed by atoms with Crippen LogP contribution in [0.4, 0.5) is 0 Å². The zero-order valence-corrected chi connectivity index (χ0v) is 23.0. The second-order valence-corrected chi connectivity index (χ2v) is 11.9. The van der Waals surface area contributed by atoms with Gasteiger partial charge in [-0.3, -0.25) is 0 Å². The summed E-state index contributed by atoms with van der Waals surface area (Å²) >= 11 is 0. The topological polar surface area (TPSA) is 9.23 Å². The zero-order chi connectivity index (χ0) is 27.1. The molecule has 1 aliphatic carbocycles. The van der Waals surface area contributed by atoms with Gasteiger partial charge in [0.25, 0.3) is 0 Å². The lowest BCUT2D eigenvalue weighted by Crippen LogP contribution is -2.29. The van der Waals surface area contributed by atoms with E-state index in [1.165, 1.54) is 55.3 Å². The van der Waals surface area contributed by atoms with Gasteiger partial charge >= 0.3 is 0 Å². The largest absolute Gasteiger partial charge is 0.456 e. The SMILES string of the molecule is CC1(C)c2cc(-c3cccc4c3Oc3ccccc3C4(C)c3ccccc3)ccc2-c2cc3ccccc3cc21. The third kappa shape index (κ3) is 3.09. The van der Waals surface area contributed by atoms with Gasteiger partial charge in [-0.15, -0.1) is 0 Å². The average Bonchev–Trinajstić information content (AvgIpc) is 3.21. The molecule has 0 spiro atoms. The summed E-state index contributed by atoms with van der Waals surface area (Å²) in [5, 5.41) is 2.59. The summed E-state index contributed by atoms with van der Waals surface area (Å²) in [6.45, 7) is 7.05. The van der Waals surface area contributed by atoms with E-state index >= 15 is 0 Å². The molecular weight excluding hydrogens is 484 g/mol. The molecule has 8 rings (SSSR count). The van der Waals surface area contributed by atoms with Crippen LogP contribution >= 0.6 is 0 Å². The quantitative estimate of drug-likeness (QED) is 0.223. The maximum absolute atomic E-state index is 6.77. The van der Waals surface area contributed by atoms with E-state index in [-0.39, 0.29) is 10.8 Å². The molecule has 1 aliphatic heterocycles. The molecule has 6 aromatic carbocycles. The van der Waals surface area contributed by atoms with Gasteiger partial charge in [0.05, 0.1) is 0 Å². The van der Waals surface area contributed by atoms with Gasteiger partial charge in [0.2, 0.25) is 0 Å². The molecule has 40 heavy (non-hydrogen) atoms. The Morgan fingerprint density at radius 3 is 1.98 bits per heavy atom. The van der Waals surface area contributed by atoms with Crippen molar-refractivity contribution in [3.63, 3.8) is 0 Å². The molecule has 0 radical (unpaired) electrons. The fourth-order valence-electron chi connectivity index (χ4n) is 7.16. The molecule has 1 nitrogen and oxygen atoms in total. The zero-order valence-electron chi connectivity index (χ0n) is 23.0. The summed E-state index contributed by atoms with van der Waals surface area (Å²) in [5.41, 5.74) is 11.0. The normalized spacial score (nSPS) is 17.9. The van der Waals surface area contributed by atoms with Gasteiger partial charge in [-0.05, 0) is 75.3 Å². The van der Waals surface area contributed by atoms with Crippen LogP contribution in [-0.4, -0.2) is 0 Å². The maximum atomic E-state index is 6.77. The van der Waals surface area contributed by atoms with Gasteiger partial charge in [0.15, 0.2) is 0 Å². The highest BCUT2D eigenvalue weighted by Gasteiger charge is 2.41. The maximum Gasteiger partial charge on any atom is 0.139 e. The van der Waals surface area contributed by atoms with Crippen molar-refractivity contribution in [2.75, 3.05) is 0 Å². The predicted molar refractivity (Wildman–Crippen MR) is 165 cm³/mol. The molecule has 0 aromatic heterocycles. The molecule has 1 atom stereocenters. The Kier molecular flexibility index (Phi) is 4.77. The van der Waals surface area contributed by atoms with Crippen LogP contribution in [0, 0.1) is 0 Å². The van der Waals surface area contributed by atoms with Crippen LogP contribution in [0.15, 0.2) is 127 Å². The molecule has 2 aliphatic rings. The first kappa shape index (κ1) is 23.3. The van der Waals surface area contributed by atoms with Crippen molar-refractivity contribution < 1.29 is 4.74 Å². The summed E-state index contributed by atoms with van der Waals surface area (Å²) in [6, 6.07) is 46.4. The Morgan fingerprint density at radius 1 is 0.475 bits per heavy atom. The highest BCUT2D eigenvalue weighted by atomic mass is 16.5. The minimum atomic E-state index is -0.326.